The van der Waals surface area contributed by atoms with E-state index in [1.54, 1.807) is 0 Å². The molecule has 1 aliphatic heterocycles. The zero-order valence-electron chi connectivity index (χ0n) is 12.8. The second-order valence-corrected chi connectivity index (χ2v) is 7.77. The Balaban J connectivity index is 2.28. The molecule has 0 atom stereocenters. The van der Waals surface area contributed by atoms with Crippen molar-refractivity contribution in [2.75, 3.05) is 18.4 Å². The lowest BCUT2D eigenvalue weighted by Crippen LogP contribution is -2.40. The number of hydrogen-bond acceptors (Lipinski definition) is 4. The first kappa shape index (κ1) is 18.6. The second-order valence-electron chi connectivity index (χ2n) is 5.46. The quantitative estimate of drug-likeness (QED) is 0.833. The molecular weight excluding hydrogens is 363 g/mol. The molecule has 2 rings (SSSR count). The van der Waals surface area contributed by atoms with Crippen LogP contribution in [-0.4, -0.2) is 42.8 Å². The van der Waals surface area contributed by atoms with E-state index in [-0.39, 0.29) is 36.6 Å². The van der Waals surface area contributed by atoms with Crippen molar-refractivity contribution in [2.45, 2.75) is 24.7 Å². The van der Waals surface area contributed by atoms with Crippen LogP contribution in [-0.2, 0) is 19.6 Å². The number of amides is 1. The molecule has 1 amide bonds. The van der Waals surface area contributed by atoms with Crippen molar-refractivity contribution in [1.82, 2.24) is 4.31 Å². The van der Waals surface area contributed by atoms with Gasteiger partial charge in [-0.15, -0.1) is 0 Å². The molecule has 1 saturated heterocycles. The highest BCUT2D eigenvalue weighted by atomic mass is 35.5. The number of nitrogens with one attached hydrogen (secondary N) is 1. The van der Waals surface area contributed by atoms with Crippen molar-refractivity contribution in [3.63, 3.8) is 0 Å². The number of rotatable bonds is 4. The van der Waals surface area contributed by atoms with Crippen molar-refractivity contribution in [2.24, 2.45) is 5.92 Å². The Morgan fingerprint density at radius 3 is 2.42 bits per heavy atom. The highest BCUT2D eigenvalue weighted by Crippen LogP contribution is 2.31. The van der Waals surface area contributed by atoms with E-state index in [9.17, 15) is 22.4 Å². The van der Waals surface area contributed by atoms with E-state index in [0.29, 0.717) is 0 Å². The van der Waals surface area contributed by atoms with E-state index in [2.05, 4.69) is 5.32 Å². The van der Waals surface area contributed by atoms with Crippen molar-refractivity contribution in [1.29, 1.82) is 0 Å². The van der Waals surface area contributed by atoms with Crippen LogP contribution < -0.4 is 5.32 Å². The molecule has 24 heavy (non-hydrogen) atoms. The maximum Gasteiger partial charge on any atom is 0.306 e. The zero-order valence-corrected chi connectivity index (χ0v) is 14.3. The number of carbonyl (C=O) groups excluding carboxylic acids is 1. The first-order chi connectivity index (χ1) is 11.1. The smallest absolute Gasteiger partial charge is 0.306 e. The highest BCUT2D eigenvalue weighted by molar-refractivity contribution is 7.89. The third-order valence-electron chi connectivity index (χ3n) is 3.75. The highest BCUT2D eigenvalue weighted by Gasteiger charge is 2.34. The van der Waals surface area contributed by atoms with Crippen LogP contribution in [0.25, 0.3) is 0 Å². The van der Waals surface area contributed by atoms with Gasteiger partial charge in [-0.3, -0.25) is 9.59 Å². The van der Waals surface area contributed by atoms with Gasteiger partial charge in [-0.05, 0) is 18.9 Å². The van der Waals surface area contributed by atoms with Gasteiger partial charge in [0, 0.05) is 26.1 Å². The van der Waals surface area contributed by atoms with Crippen LogP contribution in [0, 0.1) is 11.7 Å². The zero-order chi connectivity index (χ0) is 18.1. The molecule has 0 bridgehead atoms. The lowest BCUT2D eigenvalue weighted by molar-refractivity contribution is -0.142. The molecule has 1 heterocycles. The summed E-state index contributed by atoms with van der Waals surface area (Å²) in [4.78, 5) is 21.3. The maximum atomic E-state index is 14.2. The Hall–Kier alpha value is -1.71. The van der Waals surface area contributed by atoms with E-state index in [4.69, 9.17) is 16.7 Å². The molecule has 0 radical (unpaired) electrons. The summed E-state index contributed by atoms with van der Waals surface area (Å²) in [6, 6.07) is 1.79. The Bertz CT molecular complexity index is 776. The van der Waals surface area contributed by atoms with Crippen molar-refractivity contribution in [3.05, 3.63) is 23.0 Å². The van der Waals surface area contributed by atoms with E-state index in [1.165, 1.54) is 6.92 Å². The summed E-state index contributed by atoms with van der Waals surface area (Å²) in [6.07, 6.45) is 0.321. The van der Waals surface area contributed by atoms with Crippen LogP contribution >= 0.6 is 11.6 Å². The minimum Gasteiger partial charge on any atom is -0.481 e. The number of anilines is 1. The molecular formula is C14H16ClFN2O5S. The van der Waals surface area contributed by atoms with Gasteiger partial charge in [0.1, 0.15) is 10.7 Å². The van der Waals surface area contributed by atoms with Crippen molar-refractivity contribution >= 4 is 39.2 Å². The lowest BCUT2D eigenvalue weighted by Gasteiger charge is -2.29. The predicted octanol–water partition coefficient (Wildman–Crippen LogP) is 1.92. The topological polar surface area (TPSA) is 104 Å². The van der Waals surface area contributed by atoms with Gasteiger partial charge < -0.3 is 10.4 Å². The van der Waals surface area contributed by atoms with Gasteiger partial charge in [0.2, 0.25) is 15.9 Å². The number of carboxylic acid groups (broad SMARTS) is 1. The monoisotopic (exact) mass is 378 g/mol. The van der Waals surface area contributed by atoms with E-state index < -0.39 is 38.5 Å². The summed E-state index contributed by atoms with van der Waals surface area (Å²) < 4.78 is 40.4. The minimum absolute atomic E-state index is 0.0101. The van der Waals surface area contributed by atoms with E-state index in [0.717, 1.165) is 16.4 Å². The van der Waals surface area contributed by atoms with Gasteiger partial charge in [0.05, 0.1) is 16.6 Å². The average Bonchev–Trinajstić information content (AvgIpc) is 2.50. The molecule has 132 valence electrons. The summed E-state index contributed by atoms with van der Waals surface area (Å²) in [7, 11) is -4.14. The number of halogens is 2. The maximum absolute atomic E-state index is 14.2. The van der Waals surface area contributed by atoms with E-state index >= 15 is 0 Å². The molecule has 0 aromatic heterocycles. The Labute approximate surface area is 143 Å². The number of sulfonamides is 1. The standard InChI is InChI=1S/C14H16ClFN2O5S/c1-8(19)17-12-7-11(16)13(6-10(12)15)24(22,23)18-4-2-9(3-5-18)14(20)21/h6-7,9H,2-5H2,1H3,(H,17,19)(H,20,21). The van der Waals surface area contributed by atoms with Crippen LogP contribution in [0.4, 0.5) is 10.1 Å². The summed E-state index contributed by atoms with van der Waals surface area (Å²) >= 11 is 5.91. The number of benzene rings is 1. The average molecular weight is 379 g/mol. The minimum atomic E-state index is -4.14. The number of nitrogens with zero attached hydrogens (tertiary/aromatic N) is 1. The van der Waals surface area contributed by atoms with Gasteiger partial charge in [-0.2, -0.15) is 4.31 Å². The molecule has 1 fully saturated rings. The molecule has 1 aliphatic rings. The molecule has 2 N–H and O–H groups in total. The van der Waals surface area contributed by atoms with Crippen LogP contribution in [0.1, 0.15) is 19.8 Å². The summed E-state index contributed by atoms with van der Waals surface area (Å²) in [6.45, 7) is 1.19. The van der Waals surface area contributed by atoms with Gasteiger partial charge >= 0.3 is 5.97 Å². The first-order valence-electron chi connectivity index (χ1n) is 7.12. The fourth-order valence-corrected chi connectivity index (χ4v) is 4.31. The number of carbonyl (C=O) groups is 2. The molecule has 0 spiro atoms. The number of carboxylic acids is 1. The van der Waals surface area contributed by atoms with E-state index in [1.807, 2.05) is 0 Å². The van der Waals surface area contributed by atoms with Crippen LogP contribution in [0.2, 0.25) is 5.02 Å². The Morgan fingerprint density at radius 1 is 1.33 bits per heavy atom. The fourth-order valence-electron chi connectivity index (χ4n) is 2.49. The molecule has 0 saturated carbocycles. The van der Waals surface area contributed by atoms with Crippen LogP contribution in [0.15, 0.2) is 17.0 Å². The molecule has 0 unspecified atom stereocenters. The van der Waals surface area contributed by atoms with Crippen LogP contribution in [0.5, 0.6) is 0 Å². The Kier molecular flexibility index (Phi) is 5.46. The first-order valence-corrected chi connectivity index (χ1v) is 8.94. The molecule has 1 aromatic carbocycles. The number of piperidine rings is 1. The number of hydrogen-bond donors (Lipinski definition) is 2. The second kappa shape index (κ2) is 7.04. The van der Waals surface area contributed by atoms with Gasteiger partial charge in [0.15, 0.2) is 0 Å². The van der Waals surface area contributed by atoms with Crippen LogP contribution in [0.3, 0.4) is 0 Å². The normalized spacial score (nSPS) is 16.8. The summed E-state index contributed by atoms with van der Waals surface area (Å²) in [5.41, 5.74) is -0.0230. The molecule has 1 aromatic rings. The fraction of sp³-hybridized carbons (Fsp3) is 0.429. The summed E-state index contributed by atoms with van der Waals surface area (Å²) in [5.74, 6) is -3.08. The largest absolute Gasteiger partial charge is 0.481 e. The van der Waals surface area contributed by atoms with Crippen molar-refractivity contribution < 1.29 is 27.5 Å². The molecule has 10 heteroatoms. The summed E-state index contributed by atoms with van der Waals surface area (Å²) in [5, 5.41) is 11.1. The SMILES string of the molecule is CC(=O)Nc1cc(F)c(S(=O)(=O)N2CCC(C(=O)O)CC2)cc1Cl. The Morgan fingerprint density at radius 2 is 1.92 bits per heavy atom. The lowest BCUT2D eigenvalue weighted by atomic mass is 9.99. The van der Waals surface area contributed by atoms with Gasteiger partial charge in [-0.1, -0.05) is 11.6 Å². The van der Waals surface area contributed by atoms with Gasteiger partial charge in [0.25, 0.3) is 0 Å². The third kappa shape index (κ3) is 3.85. The van der Waals surface area contributed by atoms with Gasteiger partial charge in [-0.25, -0.2) is 12.8 Å². The number of aliphatic carboxylic acids is 1. The predicted molar refractivity (Wildman–Crippen MR) is 84.8 cm³/mol. The molecule has 7 nitrogen and oxygen atoms in total. The third-order valence-corrected chi connectivity index (χ3v) is 5.98. The molecule has 0 aliphatic carbocycles. The van der Waals surface area contributed by atoms with Crippen molar-refractivity contribution in [3.8, 4) is 0 Å².